The molecule has 3 aliphatic rings. The van der Waals surface area contributed by atoms with E-state index in [4.69, 9.17) is 14.2 Å². The molecule has 0 saturated heterocycles. The Hall–Kier alpha value is -1.52. The topological polar surface area (TPSA) is 61.8 Å². The van der Waals surface area contributed by atoms with Crippen LogP contribution in [0.15, 0.2) is 11.8 Å². The molecule has 1 aliphatic heterocycles. The van der Waals surface area contributed by atoms with Crippen molar-refractivity contribution >= 4 is 11.9 Å². The highest BCUT2D eigenvalue weighted by Gasteiger charge is 2.61. The predicted octanol–water partition coefficient (Wildman–Crippen LogP) is 3.57. The van der Waals surface area contributed by atoms with Gasteiger partial charge < -0.3 is 14.2 Å². The van der Waals surface area contributed by atoms with Gasteiger partial charge in [0.1, 0.15) is 6.10 Å². The SMILES string of the molecule is CC(=O)O[C@@H]1OC=C2[C@H]1[C@@]1(C)CCCC(C)(C)C1C[C@H]2OC(C)=O. The Labute approximate surface area is 143 Å². The Balaban J connectivity index is 2.00. The van der Waals surface area contributed by atoms with Gasteiger partial charge in [0.05, 0.1) is 12.2 Å². The van der Waals surface area contributed by atoms with E-state index in [1.54, 1.807) is 6.26 Å². The van der Waals surface area contributed by atoms with Gasteiger partial charge in [0.25, 0.3) is 6.29 Å². The molecule has 134 valence electrons. The van der Waals surface area contributed by atoms with Gasteiger partial charge in [0, 0.05) is 19.4 Å². The van der Waals surface area contributed by atoms with Crippen LogP contribution in [0, 0.1) is 22.7 Å². The summed E-state index contributed by atoms with van der Waals surface area (Å²) in [4.78, 5) is 23.1. The van der Waals surface area contributed by atoms with Gasteiger partial charge in [0.15, 0.2) is 0 Å². The predicted molar refractivity (Wildman–Crippen MR) is 87.6 cm³/mol. The highest BCUT2D eigenvalue weighted by Crippen LogP contribution is 2.63. The fourth-order valence-electron chi connectivity index (χ4n) is 5.47. The van der Waals surface area contributed by atoms with Crippen LogP contribution in [-0.4, -0.2) is 24.3 Å². The van der Waals surface area contributed by atoms with Crippen molar-refractivity contribution in [3.63, 3.8) is 0 Å². The second kappa shape index (κ2) is 5.78. The fraction of sp³-hybridized carbons (Fsp3) is 0.789. The minimum atomic E-state index is -0.614. The van der Waals surface area contributed by atoms with Gasteiger partial charge in [-0.3, -0.25) is 9.59 Å². The summed E-state index contributed by atoms with van der Waals surface area (Å²) >= 11 is 0. The van der Waals surface area contributed by atoms with Crippen molar-refractivity contribution in [2.45, 2.75) is 72.7 Å². The van der Waals surface area contributed by atoms with E-state index in [0.29, 0.717) is 5.92 Å². The van der Waals surface area contributed by atoms with Gasteiger partial charge in [-0.1, -0.05) is 27.2 Å². The fourth-order valence-corrected chi connectivity index (χ4v) is 5.47. The zero-order chi connectivity index (χ0) is 17.7. The molecule has 5 nitrogen and oxygen atoms in total. The Morgan fingerprint density at radius 1 is 1.12 bits per heavy atom. The molecule has 0 spiro atoms. The molecule has 2 saturated carbocycles. The van der Waals surface area contributed by atoms with Crippen LogP contribution in [0.1, 0.15) is 60.3 Å². The van der Waals surface area contributed by atoms with Crippen LogP contribution >= 0.6 is 0 Å². The quantitative estimate of drug-likeness (QED) is 0.721. The number of ether oxygens (including phenoxy) is 3. The molecule has 0 radical (unpaired) electrons. The van der Waals surface area contributed by atoms with Gasteiger partial charge in [0.2, 0.25) is 0 Å². The summed E-state index contributed by atoms with van der Waals surface area (Å²) in [7, 11) is 0. The maximum absolute atomic E-state index is 11.6. The lowest BCUT2D eigenvalue weighted by Crippen LogP contribution is -2.55. The summed E-state index contributed by atoms with van der Waals surface area (Å²) in [6.07, 6.45) is 4.94. The Kier molecular flexibility index (Phi) is 4.17. The van der Waals surface area contributed by atoms with Crippen LogP contribution in [0.2, 0.25) is 0 Å². The van der Waals surface area contributed by atoms with E-state index in [1.807, 2.05) is 0 Å². The summed E-state index contributed by atoms with van der Waals surface area (Å²) < 4.78 is 16.8. The number of hydrogen-bond donors (Lipinski definition) is 0. The van der Waals surface area contributed by atoms with Crippen LogP contribution in [0.25, 0.3) is 0 Å². The van der Waals surface area contributed by atoms with Crippen LogP contribution in [-0.2, 0) is 23.8 Å². The van der Waals surface area contributed by atoms with Crippen LogP contribution in [0.5, 0.6) is 0 Å². The largest absolute Gasteiger partial charge is 0.462 e. The highest BCUT2D eigenvalue weighted by molar-refractivity contribution is 5.67. The summed E-state index contributed by atoms with van der Waals surface area (Å²) in [5, 5.41) is 0. The minimum absolute atomic E-state index is 0.0269. The second-order valence-corrected chi connectivity index (χ2v) is 8.44. The Bertz CT molecular complexity index is 578. The summed E-state index contributed by atoms with van der Waals surface area (Å²) in [6, 6.07) is 0. The molecule has 0 aromatic heterocycles. The van der Waals surface area contributed by atoms with Crippen molar-refractivity contribution in [3.8, 4) is 0 Å². The highest BCUT2D eigenvalue weighted by atomic mass is 16.7. The average Bonchev–Trinajstić information content (AvgIpc) is 2.84. The summed E-state index contributed by atoms with van der Waals surface area (Å²) in [6.45, 7) is 9.72. The molecule has 1 unspecified atom stereocenters. The van der Waals surface area contributed by atoms with E-state index in [9.17, 15) is 9.59 Å². The van der Waals surface area contributed by atoms with E-state index in [0.717, 1.165) is 31.3 Å². The van der Waals surface area contributed by atoms with Crippen molar-refractivity contribution in [2.24, 2.45) is 22.7 Å². The van der Waals surface area contributed by atoms with E-state index in [1.165, 1.54) is 13.8 Å². The molecule has 0 aromatic carbocycles. The van der Waals surface area contributed by atoms with E-state index >= 15 is 0 Å². The zero-order valence-electron chi connectivity index (χ0n) is 15.3. The lowest BCUT2D eigenvalue weighted by molar-refractivity contribution is -0.193. The standard InChI is InChI=1S/C19H28O5/c1-11(20)23-14-9-15-18(3,4)7-6-8-19(15,5)16-13(14)10-22-17(16)24-12(2)21/h10,14-17H,6-9H2,1-5H3/t14-,15?,16-,17+,19+/m1/s1. The maximum Gasteiger partial charge on any atom is 0.305 e. The summed E-state index contributed by atoms with van der Waals surface area (Å²) in [5.74, 6) is -0.304. The van der Waals surface area contributed by atoms with Crippen molar-refractivity contribution in [2.75, 3.05) is 0 Å². The minimum Gasteiger partial charge on any atom is -0.462 e. The Morgan fingerprint density at radius 2 is 1.79 bits per heavy atom. The molecule has 0 N–H and O–H groups in total. The maximum atomic E-state index is 11.6. The van der Waals surface area contributed by atoms with Crippen molar-refractivity contribution < 1.29 is 23.8 Å². The third kappa shape index (κ3) is 2.72. The third-order valence-electron chi connectivity index (χ3n) is 6.37. The van der Waals surface area contributed by atoms with Crippen molar-refractivity contribution in [1.82, 2.24) is 0 Å². The average molecular weight is 336 g/mol. The molecule has 2 fully saturated rings. The number of carbonyl (C=O) groups is 2. The molecule has 5 heteroatoms. The van der Waals surface area contributed by atoms with E-state index in [-0.39, 0.29) is 34.8 Å². The van der Waals surface area contributed by atoms with Crippen LogP contribution in [0.4, 0.5) is 0 Å². The van der Waals surface area contributed by atoms with Gasteiger partial charge in [-0.2, -0.15) is 0 Å². The molecule has 24 heavy (non-hydrogen) atoms. The molecule has 0 bridgehead atoms. The molecular formula is C19H28O5. The molecule has 0 aromatic rings. The first-order valence-corrected chi connectivity index (χ1v) is 8.85. The lowest BCUT2D eigenvalue weighted by atomic mass is 9.47. The van der Waals surface area contributed by atoms with Crippen molar-refractivity contribution in [3.05, 3.63) is 11.8 Å². The van der Waals surface area contributed by atoms with E-state index < -0.39 is 6.29 Å². The van der Waals surface area contributed by atoms with Gasteiger partial charge >= 0.3 is 11.9 Å². The normalized spacial score (nSPS) is 39.8. The second-order valence-electron chi connectivity index (χ2n) is 8.44. The van der Waals surface area contributed by atoms with Crippen molar-refractivity contribution in [1.29, 1.82) is 0 Å². The molecule has 0 amide bonds. The number of fused-ring (bicyclic) bond motifs is 3. The first-order chi connectivity index (χ1) is 11.1. The molecular weight excluding hydrogens is 308 g/mol. The number of carbonyl (C=O) groups excluding carboxylic acids is 2. The first kappa shape index (κ1) is 17.3. The molecule has 2 aliphatic carbocycles. The van der Waals surface area contributed by atoms with Gasteiger partial charge in [-0.15, -0.1) is 0 Å². The molecule has 3 rings (SSSR count). The molecule has 1 heterocycles. The lowest BCUT2D eigenvalue weighted by Gasteiger charge is -2.58. The number of hydrogen-bond acceptors (Lipinski definition) is 5. The van der Waals surface area contributed by atoms with Crippen LogP contribution < -0.4 is 0 Å². The van der Waals surface area contributed by atoms with Gasteiger partial charge in [-0.05, 0) is 36.0 Å². The van der Waals surface area contributed by atoms with E-state index in [2.05, 4.69) is 20.8 Å². The first-order valence-electron chi connectivity index (χ1n) is 8.85. The van der Waals surface area contributed by atoms with Crippen LogP contribution in [0.3, 0.4) is 0 Å². The zero-order valence-corrected chi connectivity index (χ0v) is 15.3. The summed E-state index contributed by atoms with van der Waals surface area (Å²) in [5.41, 5.74) is 1.09. The Morgan fingerprint density at radius 3 is 2.42 bits per heavy atom. The monoisotopic (exact) mass is 336 g/mol. The van der Waals surface area contributed by atoms with Gasteiger partial charge in [-0.25, -0.2) is 0 Å². The number of esters is 2. The smallest absolute Gasteiger partial charge is 0.305 e. The third-order valence-corrected chi connectivity index (χ3v) is 6.37. The number of rotatable bonds is 2. The molecule has 5 atom stereocenters.